The van der Waals surface area contributed by atoms with Gasteiger partial charge in [0.05, 0.1) is 6.04 Å². The molecule has 4 rings (SSSR count). The van der Waals surface area contributed by atoms with Crippen LogP contribution in [0, 0.1) is 0 Å². The number of aliphatic imine (C=N–C) groups is 1. The molecule has 1 aliphatic rings. The van der Waals surface area contributed by atoms with E-state index in [2.05, 4.69) is 60.8 Å². The maximum atomic E-state index is 5.91. The second-order valence-electron chi connectivity index (χ2n) is 6.66. The minimum absolute atomic E-state index is 0.0699. The average molecular weight is 342 g/mol. The first kappa shape index (κ1) is 16.4. The molecule has 0 bridgehead atoms. The second-order valence-corrected chi connectivity index (χ2v) is 6.66. The van der Waals surface area contributed by atoms with E-state index in [9.17, 15) is 0 Å². The lowest BCUT2D eigenvalue weighted by Gasteiger charge is -2.30. The Balaban J connectivity index is 1.63. The number of para-hydroxylation sites is 1. The molecular weight excluding hydrogens is 320 g/mol. The average Bonchev–Trinajstić information content (AvgIpc) is 3.06. The summed E-state index contributed by atoms with van der Waals surface area (Å²) >= 11 is 0. The van der Waals surface area contributed by atoms with Crippen LogP contribution in [-0.4, -0.2) is 12.4 Å². The maximum absolute atomic E-state index is 5.91. The van der Waals surface area contributed by atoms with Crippen LogP contribution >= 0.6 is 0 Å². The number of benzene rings is 3. The van der Waals surface area contributed by atoms with Crippen LogP contribution in [0.1, 0.15) is 24.1 Å². The van der Waals surface area contributed by atoms with Crippen molar-refractivity contribution in [1.29, 1.82) is 0 Å². The Bertz CT molecular complexity index is 878. The summed E-state index contributed by atoms with van der Waals surface area (Å²) in [6.45, 7) is 2.61. The minimum atomic E-state index is -0.377. The van der Waals surface area contributed by atoms with Gasteiger partial charge in [-0.25, -0.2) is 0 Å². The lowest BCUT2D eigenvalue weighted by molar-refractivity contribution is 0.371. The molecule has 0 aliphatic carbocycles. The normalized spacial score (nSPS) is 21.7. The molecule has 1 N–H and O–H groups in total. The summed E-state index contributed by atoms with van der Waals surface area (Å²) in [7, 11) is 0. The van der Waals surface area contributed by atoms with E-state index in [1.807, 2.05) is 42.5 Å². The van der Waals surface area contributed by atoms with E-state index in [4.69, 9.17) is 9.73 Å². The van der Waals surface area contributed by atoms with Crippen molar-refractivity contribution in [2.24, 2.45) is 4.99 Å². The van der Waals surface area contributed by atoms with Gasteiger partial charge in [0.25, 0.3) is 0 Å². The van der Waals surface area contributed by atoms with E-state index in [-0.39, 0.29) is 11.6 Å². The largest absolute Gasteiger partial charge is 0.486 e. The van der Waals surface area contributed by atoms with Crippen LogP contribution in [0.25, 0.3) is 0 Å². The van der Waals surface area contributed by atoms with E-state index in [0.29, 0.717) is 6.61 Å². The molecule has 0 amide bonds. The van der Waals surface area contributed by atoms with Gasteiger partial charge in [-0.2, -0.15) is 0 Å². The van der Waals surface area contributed by atoms with E-state index in [1.165, 1.54) is 11.1 Å². The molecule has 0 saturated carbocycles. The SMILES string of the molecule is C[C@@]1(c2ccccc2)N=C(COc2ccccc2)NC1c1ccccc1. The van der Waals surface area contributed by atoms with E-state index < -0.39 is 0 Å². The van der Waals surface area contributed by atoms with Gasteiger partial charge in [-0.1, -0.05) is 78.9 Å². The Labute approximate surface area is 154 Å². The molecule has 3 aromatic rings. The molecular formula is C23H22N2O. The van der Waals surface area contributed by atoms with Crippen LogP contribution in [0.4, 0.5) is 0 Å². The van der Waals surface area contributed by atoms with E-state index >= 15 is 0 Å². The van der Waals surface area contributed by atoms with Crippen LogP contribution in [-0.2, 0) is 5.54 Å². The molecule has 0 radical (unpaired) electrons. The minimum Gasteiger partial charge on any atom is -0.486 e. The molecule has 3 nitrogen and oxygen atoms in total. The Kier molecular flexibility index (Phi) is 4.44. The quantitative estimate of drug-likeness (QED) is 0.727. The Morgan fingerprint density at radius 1 is 0.846 bits per heavy atom. The highest BCUT2D eigenvalue weighted by atomic mass is 16.5. The van der Waals surface area contributed by atoms with Gasteiger partial charge in [-0.3, -0.25) is 4.99 Å². The number of nitrogens with one attached hydrogen (secondary N) is 1. The molecule has 1 aliphatic heterocycles. The van der Waals surface area contributed by atoms with E-state index in [1.54, 1.807) is 0 Å². The molecule has 0 spiro atoms. The van der Waals surface area contributed by atoms with Crippen molar-refractivity contribution in [3.8, 4) is 5.75 Å². The van der Waals surface area contributed by atoms with Gasteiger partial charge in [0, 0.05) is 0 Å². The van der Waals surface area contributed by atoms with Gasteiger partial charge in [0.1, 0.15) is 23.7 Å². The standard InChI is InChI=1S/C23H22N2O/c1-23(19-13-7-3-8-14-19)22(18-11-5-2-6-12-18)24-21(25-23)17-26-20-15-9-4-10-16-20/h2-16,22H,17H2,1H3,(H,24,25)/t22?,23-/m0/s1. The summed E-state index contributed by atoms with van der Waals surface area (Å²) in [6, 6.07) is 30.8. The highest BCUT2D eigenvalue weighted by molar-refractivity contribution is 5.87. The monoisotopic (exact) mass is 342 g/mol. The number of amidine groups is 1. The van der Waals surface area contributed by atoms with Gasteiger partial charge in [0.15, 0.2) is 0 Å². The molecule has 130 valence electrons. The molecule has 3 heteroatoms. The van der Waals surface area contributed by atoms with Crippen molar-refractivity contribution in [3.63, 3.8) is 0 Å². The summed E-state index contributed by atoms with van der Waals surface area (Å²) in [5.74, 6) is 1.72. The van der Waals surface area contributed by atoms with Gasteiger partial charge in [0.2, 0.25) is 0 Å². The van der Waals surface area contributed by atoms with Crippen LogP contribution in [0.5, 0.6) is 5.75 Å². The first-order valence-electron chi connectivity index (χ1n) is 8.89. The summed E-state index contributed by atoms with van der Waals surface area (Å²) in [5.41, 5.74) is 2.03. The summed E-state index contributed by atoms with van der Waals surface area (Å²) < 4.78 is 5.91. The Morgan fingerprint density at radius 3 is 2.08 bits per heavy atom. The molecule has 3 aromatic carbocycles. The molecule has 1 heterocycles. The Hall–Kier alpha value is -3.07. The third-order valence-corrected chi connectivity index (χ3v) is 4.85. The molecule has 1 unspecified atom stereocenters. The first-order chi connectivity index (χ1) is 12.8. The topological polar surface area (TPSA) is 33.6 Å². The van der Waals surface area contributed by atoms with Gasteiger partial charge >= 0.3 is 0 Å². The number of rotatable bonds is 5. The zero-order chi connectivity index (χ0) is 17.8. The smallest absolute Gasteiger partial charge is 0.145 e. The van der Waals surface area contributed by atoms with Gasteiger partial charge in [-0.15, -0.1) is 0 Å². The fourth-order valence-corrected chi connectivity index (χ4v) is 3.49. The van der Waals surface area contributed by atoms with Crippen molar-refractivity contribution in [2.45, 2.75) is 18.5 Å². The summed E-state index contributed by atoms with van der Waals surface area (Å²) in [5, 5.41) is 3.59. The second kappa shape index (κ2) is 7.04. The van der Waals surface area contributed by atoms with Crippen LogP contribution in [0.15, 0.2) is 96.0 Å². The van der Waals surface area contributed by atoms with Crippen molar-refractivity contribution in [3.05, 3.63) is 102 Å². The Morgan fingerprint density at radius 2 is 1.42 bits per heavy atom. The summed E-state index contributed by atoms with van der Waals surface area (Å²) in [6.07, 6.45) is 0. The van der Waals surface area contributed by atoms with Crippen molar-refractivity contribution in [2.75, 3.05) is 6.61 Å². The molecule has 26 heavy (non-hydrogen) atoms. The molecule has 2 atom stereocenters. The van der Waals surface area contributed by atoms with Crippen molar-refractivity contribution < 1.29 is 4.74 Å². The van der Waals surface area contributed by atoms with Crippen LogP contribution in [0.3, 0.4) is 0 Å². The zero-order valence-electron chi connectivity index (χ0n) is 14.8. The fraction of sp³-hybridized carbons (Fsp3) is 0.174. The maximum Gasteiger partial charge on any atom is 0.145 e. The predicted molar refractivity (Wildman–Crippen MR) is 105 cm³/mol. The molecule has 0 aromatic heterocycles. The first-order valence-corrected chi connectivity index (χ1v) is 8.89. The zero-order valence-corrected chi connectivity index (χ0v) is 14.8. The number of nitrogens with zero attached hydrogens (tertiary/aromatic N) is 1. The third-order valence-electron chi connectivity index (χ3n) is 4.85. The lowest BCUT2D eigenvalue weighted by atomic mass is 9.82. The van der Waals surface area contributed by atoms with Gasteiger partial charge < -0.3 is 10.1 Å². The number of hydrogen-bond acceptors (Lipinski definition) is 3. The fourth-order valence-electron chi connectivity index (χ4n) is 3.49. The summed E-state index contributed by atoms with van der Waals surface area (Å²) in [4.78, 5) is 5.04. The predicted octanol–water partition coefficient (Wildman–Crippen LogP) is 4.72. The van der Waals surface area contributed by atoms with Crippen molar-refractivity contribution in [1.82, 2.24) is 5.32 Å². The number of ether oxygens (including phenoxy) is 1. The highest BCUT2D eigenvalue weighted by Crippen LogP contribution is 2.41. The molecule has 0 fully saturated rings. The highest BCUT2D eigenvalue weighted by Gasteiger charge is 2.42. The van der Waals surface area contributed by atoms with Gasteiger partial charge in [-0.05, 0) is 30.2 Å². The third kappa shape index (κ3) is 3.21. The molecule has 0 saturated heterocycles. The van der Waals surface area contributed by atoms with Crippen LogP contribution in [0.2, 0.25) is 0 Å². The van der Waals surface area contributed by atoms with E-state index in [0.717, 1.165) is 11.6 Å². The number of hydrogen-bond donors (Lipinski definition) is 1. The van der Waals surface area contributed by atoms with Crippen molar-refractivity contribution >= 4 is 5.84 Å². The lowest BCUT2D eigenvalue weighted by Crippen LogP contribution is -2.34. The van der Waals surface area contributed by atoms with Crippen LogP contribution < -0.4 is 10.1 Å².